The van der Waals surface area contributed by atoms with Crippen LogP contribution in [-0.4, -0.2) is 17.4 Å². The average Bonchev–Trinajstić information content (AvgIpc) is 2.74. The summed E-state index contributed by atoms with van der Waals surface area (Å²) >= 11 is 1.55. The lowest BCUT2D eigenvalue weighted by Crippen LogP contribution is -2.22. The van der Waals surface area contributed by atoms with Gasteiger partial charge in [0.05, 0.1) is 6.54 Å². The summed E-state index contributed by atoms with van der Waals surface area (Å²) in [5, 5.41) is 5.69. The Hall–Kier alpha value is -0.940. The van der Waals surface area contributed by atoms with Gasteiger partial charge in [-0.1, -0.05) is 6.42 Å². The summed E-state index contributed by atoms with van der Waals surface area (Å²) in [6.45, 7) is 1.26. The molecule has 0 radical (unpaired) electrons. The zero-order valence-electron chi connectivity index (χ0n) is 8.74. The first-order valence-electron chi connectivity index (χ1n) is 5.18. The fourth-order valence-corrected chi connectivity index (χ4v) is 1.77. The number of unbranched alkanes of at least 4 members (excludes halogenated alkanes) is 2. The van der Waals surface area contributed by atoms with E-state index in [4.69, 9.17) is 5.73 Å². The molecule has 0 atom stereocenters. The molecule has 5 heteroatoms. The summed E-state index contributed by atoms with van der Waals surface area (Å²) < 4.78 is 0. The van der Waals surface area contributed by atoms with Crippen molar-refractivity contribution in [1.82, 2.24) is 10.3 Å². The fraction of sp³-hybridized carbons (Fsp3) is 0.600. The van der Waals surface area contributed by atoms with Crippen molar-refractivity contribution >= 4 is 17.2 Å². The fourth-order valence-electron chi connectivity index (χ4n) is 1.21. The molecular weight excluding hydrogens is 210 g/mol. The van der Waals surface area contributed by atoms with Crippen molar-refractivity contribution in [1.29, 1.82) is 0 Å². The van der Waals surface area contributed by atoms with E-state index >= 15 is 0 Å². The van der Waals surface area contributed by atoms with Crippen molar-refractivity contribution in [3.63, 3.8) is 0 Å². The minimum atomic E-state index is 0.0993. The smallest absolute Gasteiger partial charge is 0.220 e. The van der Waals surface area contributed by atoms with Crippen molar-refractivity contribution in [2.24, 2.45) is 5.73 Å². The highest BCUT2D eigenvalue weighted by atomic mass is 32.1. The number of nitrogens with zero attached hydrogens (tertiary/aromatic N) is 1. The molecule has 0 aliphatic heterocycles. The van der Waals surface area contributed by atoms with Gasteiger partial charge in [-0.05, 0) is 19.4 Å². The Morgan fingerprint density at radius 2 is 2.33 bits per heavy atom. The Labute approximate surface area is 93.9 Å². The van der Waals surface area contributed by atoms with Gasteiger partial charge < -0.3 is 11.1 Å². The van der Waals surface area contributed by atoms with Crippen LogP contribution in [0, 0.1) is 0 Å². The second-order valence-corrected chi connectivity index (χ2v) is 4.28. The SMILES string of the molecule is NCCCCCC(=O)NCc1nccs1. The molecule has 84 valence electrons. The average molecular weight is 227 g/mol. The van der Waals surface area contributed by atoms with Crippen molar-refractivity contribution in [2.45, 2.75) is 32.2 Å². The molecule has 0 aliphatic rings. The van der Waals surface area contributed by atoms with E-state index in [1.807, 2.05) is 5.38 Å². The van der Waals surface area contributed by atoms with Gasteiger partial charge in [0.1, 0.15) is 5.01 Å². The van der Waals surface area contributed by atoms with E-state index in [2.05, 4.69) is 10.3 Å². The van der Waals surface area contributed by atoms with Gasteiger partial charge in [-0.25, -0.2) is 4.98 Å². The second kappa shape index (κ2) is 7.36. The molecule has 1 aromatic rings. The molecule has 4 nitrogen and oxygen atoms in total. The minimum absolute atomic E-state index is 0.0993. The third kappa shape index (κ3) is 5.49. The number of thiazole rings is 1. The largest absolute Gasteiger partial charge is 0.350 e. The van der Waals surface area contributed by atoms with E-state index in [1.165, 1.54) is 0 Å². The van der Waals surface area contributed by atoms with Gasteiger partial charge >= 0.3 is 0 Å². The van der Waals surface area contributed by atoms with Gasteiger partial charge in [-0.2, -0.15) is 0 Å². The number of nitrogens with one attached hydrogen (secondary N) is 1. The van der Waals surface area contributed by atoms with Crippen LogP contribution in [0.25, 0.3) is 0 Å². The Balaban J connectivity index is 2.04. The molecule has 0 bridgehead atoms. The first-order chi connectivity index (χ1) is 7.33. The lowest BCUT2D eigenvalue weighted by Gasteiger charge is -2.02. The molecule has 1 aromatic heterocycles. The second-order valence-electron chi connectivity index (χ2n) is 3.30. The maximum atomic E-state index is 11.3. The van der Waals surface area contributed by atoms with Crippen LogP contribution in [0.3, 0.4) is 0 Å². The van der Waals surface area contributed by atoms with E-state index < -0.39 is 0 Å². The summed E-state index contributed by atoms with van der Waals surface area (Å²) in [4.78, 5) is 15.4. The van der Waals surface area contributed by atoms with Gasteiger partial charge in [-0.15, -0.1) is 11.3 Å². The van der Waals surface area contributed by atoms with E-state index in [1.54, 1.807) is 17.5 Å². The van der Waals surface area contributed by atoms with Crippen molar-refractivity contribution in [2.75, 3.05) is 6.54 Å². The Kier molecular flexibility index (Phi) is 5.96. The van der Waals surface area contributed by atoms with Crippen LogP contribution in [-0.2, 0) is 11.3 Å². The molecule has 1 rings (SSSR count). The molecule has 0 spiro atoms. The number of nitrogens with two attached hydrogens (primary N) is 1. The number of aromatic nitrogens is 1. The molecule has 0 saturated carbocycles. The standard InChI is InChI=1S/C10H17N3OS/c11-5-3-1-2-4-9(14)13-8-10-12-6-7-15-10/h6-7H,1-5,8,11H2,(H,13,14). The molecular formula is C10H17N3OS. The highest BCUT2D eigenvalue weighted by Gasteiger charge is 2.01. The van der Waals surface area contributed by atoms with E-state index in [-0.39, 0.29) is 5.91 Å². The topological polar surface area (TPSA) is 68.0 Å². The number of hydrogen-bond donors (Lipinski definition) is 2. The number of amides is 1. The Morgan fingerprint density at radius 1 is 1.47 bits per heavy atom. The Morgan fingerprint density at radius 3 is 3.00 bits per heavy atom. The maximum Gasteiger partial charge on any atom is 0.220 e. The molecule has 0 unspecified atom stereocenters. The quantitative estimate of drug-likeness (QED) is 0.689. The summed E-state index contributed by atoms with van der Waals surface area (Å²) in [5.41, 5.74) is 5.36. The molecule has 0 fully saturated rings. The van der Waals surface area contributed by atoms with Crippen LogP contribution < -0.4 is 11.1 Å². The van der Waals surface area contributed by atoms with Gasteiger partial charge in [-0.3, -0.25) is 4.79 Å². The predicted octanol–water partition coefficient (Wildman–Crippen LogP) is 1.28. The van der Waals surface area contributed by atoms with E-state index in [0.717, 1.165) is 24.3 Å². The summed E-state index contributed by atoms with van der Waals surface area (Å²) in [6.07, 6.45) is 5.28. The van der Waals surface area contributed by atoms with Gasteiger partial charge in [0.15, 0.2) is 0 Å². The summed E-state index contributed by atoms with van der Waals surface area (Å²) in [5.74, 6) is 0.0993. The van der Waals surface area contributed by atoms with Crippen molar-refractivity contribution < 1.29 is 4.79 Å². The van der Waals surface area contributed by atoms with Gasteiger partial charge in [0.25, 0.3) is 0 Å². The first-order valence-corrected chi connectivity index (χ1v) is 6.06. The highest BCUT2D eigenvalue weighted by molar-refractivity contribution is 7.09. The number of carbonyl (C=O) groups is 1. The number of hydrogen-bond acceptors (Lipinski definition) is 4. The Bertz CT molecular complexity index is 274. The number of carbonyl (C=O) groups excluding carboxylic acids is 1. The van der Waals surface area contributed by atoms with Crippen LogP contribution >= 0.6 is 11.3 Å². The van der Waals surface area contributed by atoms with Crippen molar-refractivity contribution in [3.05, 3.63) is 16.6 Å². The van der Waals surface area contributed by atoms with Crippen molar-refractivity contribution in [3.8, 4) is 0 Å². The zero-order valence-corrected chi connectivity index (χ0v) is 9.55. The molecule has 1 heterocycles. The molecule has 15 heavy (non-hydrogen) atoms. The zero-order chi connectivity index (χ0) is 10.9. The van der Waals surface area contributed by atoms with Crippen LogP contribution in [0.5, 0.6) is 0 Å². The van der Waals surface area contributed by atoms with Gasteiger partial charge in [0.2, 0.25) is 5.91 Å². The van der Waals surface area contributed by atoms with Crippen LogP contribution in [0.4, 0.5) is 0 Å². The lowest BCUT2D eigenvalue weighted by molar-refractivity contribution is -0.121. The maximum absolute atomic E-state index is 11.3. The third-order valence-electron chi connectivity index (χ3n) is 2.03. The summed E-state index contributed by atoms with van der Waals surface area (Å²) in [6, 6.07) is 0. The predicted molar refractivity (Wildman–Crippen MR) is 61.5 cm³/mol. The number of rotatable bonds is 7. The minimum Gasteiger partial charge on any atom is -0.350 e. The van der Waals surface area contributed by atoms with Crippen LogP contribution in [0.1, 0.15) is 30.7 Å². The molecule has 0 saturated heterocycles. The lowest BCUT2D eigenvalue weighted by atomic mass is 10.2. The van der Waals surface area contributed by atoms with Crippen LogP contribution in [0.15, 0.2) is 11.6 Å². The van der Waals surface area contributed by atoms with Gasteiger partial charge in [0, 0.05) is 18.0 Å². The summed E-state index contributed by atoms with van der Waals surface area (Å²) in [7, 11) is 0. The van der Waals surface area contributed by atoms with Crippen LogP contribution in [0.2, 0.25) is 0 Å². The highest BCUT2D eigenvalue weighted by Crippen LogP contribution is 2.03. The van der Waals surface area contributed by atoms with E-state index in [0.29, 0.717) is 19.5 Å². The molecule has 0 aromatic carbocycles. The molecule has 1 amide bonds. The first kappa shape index (κ1) is 12.1. The monoisotopic (exact) mass is 227 g/mol. The third-order valence-corrected chi connectivity index (χ3v) is 2.81. The normalized spacial score (nSPS) is 10.2. The van der Waals surface area contributed by atoms with E-state index in [9.17, 15) is 4.79 Å². The molecule has 3 N–H and O–H groups in total. The molecule has 0 aliphatic carbocycles.